The average Bonchev–Trinajstić information content (AvgIpc) is 2.16. The van der Waals surface area contributed by atoms with E-state index in [0.29, 0.717) is 6.54 Å². The Labute approximate surface area is 83.6 Å². The van der Waals surface area contributed by atoms with Crippen LogP contribution in [0.25, 0.3) is 0 Å². The minimum absolute atomic E-state index is 0.125. The molecule has 1 aromatic heterocycles. The summed E-state index contributed by atoms with van der Waals surface area (Å²) in [5.41, 5.74) is 0. The Morgan fingerprint density at radius 1 is 1.57 bits per heavy atom. The molecule has 2 heterocycles. The summed E-state index contributed by atoms with van der Waals surface area (Å²) in [6.45, 7) is 2.54. The zero-order chi connectivity index (χ0) is 10.2. The highest BCUT2D eigenvalue weighted by atomic mass is 32.2. The first-order valence-electron chi connectivity index (χ1n) is 4.54. The van der Waals surface area contributed by atoms with Gasteiger partial charge in [-0.25, -0.2) is 8.42 Å². The lowest BCUT2D eigenvalue weighted by atomic mass is 10.1. The van der Waals surface area contributed by atoms with Crippen LogP contribution in [0.1, 0.15) is 13.3 Å². The fraction of sp³-hybridized carbons (Fsp3) is 0.444. The Bertz CT molecular complexity index is 416. The third kappa shape index (κ3) is 1.42. The van der Waals surface area contributed by atoms with Crippen LogP contribution in [0, 0.1) is 0 Å². The summed E-state index contributed by atoms with van der Waals surface area (Å²) in [5.74, 6) is 0. The largest absolute Gasteiger partial charge is 0.263 e. The molecule has 2 rings (SSSR count). The molecule has 0 amide bonds. The van der Waals surface area contributed by atoms with Crippen LogP contribution in [0.3, 0.4) is 0 Å². The van der Waals surface area contributed by atoms with Gasteiger partial charge in [-0.3, -0.25) is 4.98 Å². The number of pyridine rings is 1. The molecule has 5 heteroatoms. The van der Waals surface area contributed by atoms with Crippen molar-refractivity contribution in [2.75, 3.05) is 6.54 Å². The van der Waals surface area contributed by atoms with E-state index < -0.39 is 10.0 Å². The Morgan fingerprint density at radius 3 is 2.79 bits per heavy atom. The number of hydrogen-bond acceptors (Lipinski definition) is 3. The van der Waals surface area contributed by atoms with Crippen molar-refractivity contribution in [3.63, 3.8) is 0 Å². The molecule has 4 nitrogen and oxygen atoms in total. The van der Waals surface area contributed by atoms with Crippen LogP contribution < -0.4 is 0 Å². The summed E-state index contributed by atoms with van der Waals surface area (Å²) < 4.78 is 25.3. The number of aromatic nitrogens is 1. The van der Waals surface area contributed by atoms with Crippen molar-refractivity contribution in [2.45, 2.75) is 24.3 Å². The third-order valence-corrected chi connectivity index (χ3v) is 4.50. The van der Waals surface area contributed by atoms with E-state index in [-0.39, 0.29) is 10.9 Å². The molecule has 0 radical (unpaired) electrons. The molecule has 1 aromatic rings. The van der Waals surface area contributed by atoms with Crippen LogP contribution >= 0.6 is 0 Å². The first-order valence-corrected chi connectivity index (χ1v) is 5.98. The molecule has 0 unspecified atom stereocenters. The lowest BCUT2D eigenvalue weighted by Crippen LogP contribution is -2.49. The lowest BCUT2D eigenvalue weighted by Gasteiger charge is -2.37. The number of rotatable bonds is 2. The average molecular weight is 212 g/mol. The van der Waals surface area contributed by atoms with Gasteiger partial charge in [0.05, 0.1) is 0 Å². The summed E-state index contributed by atoms with van der Waals surface area (Å²) >= 11 is 0. The molecule has 0 spiro atoms. The molecule has 76 valence electrons. The van der Waals surface area contributed by atoms with Gasteiger partial charge in [0.25, 0.3) is 0 Å². The summed E-state index contributed by atoms with van der Waals surface area (Å²) in [6, 6.07) is 3.34. The maximum absolute atomic E-state index is 11.9. The van der Waals surface area contributed by atoms with Crippen LogP contribution in [-0.2, 0) is 10.0 Å². The first kappa shape index (κ1) is 9.61. The monoisotopic (exact) mass is 212 g/mol. The molecule has 1 fully saturated rings. The molecule has 0 N–H and O–H groups in total. The van der Waals surface area contributed by atoms with Crippen molar-refractivity contribution in [2.24, 2.45) is 0 Å². The van der Waals surface area contributed by atoms with E-state index in [0.717, 1.165) is 6.42 Å². The van der Waals surface area contributed by atoms with Crippen molar-refractivity contribution >= 4 is 10.0 Å². The highest BCUT2D eigenvalue weighted by Gasteiger charge is 2.35. The molecule has 1 aliphatic rings. The van der Waals surface area contributed by atoms with E-state index in [2.05, 4.69) is 4.98 Å². The maximum atomic E-state index is 11.9. The van der Waals surface area contributed by atoms with Gasteiger partial charge in [0.1, 0.15) is 4.90 Å². The fourth-order valence-electron chi connectivity index (χ4n) is 1.48. The molecule has 1 aliphatic heterocycles. The van der Waals surface area contributed by atoms with E-state index in [1.165, 1.54) is 10.5 Å². The van der Waals surface area contributed by atoms with Crippen molar-refractivity contribution in [1.29, 1.82) is 0 Å². The van der Waals surface area contributed by atoms with Gasteiger partial charge in [-0.1, -0.05) is 0 Å². The van der Waals surface area contributed by atoms with E-state index >= 15 is 0 Å². The van der Waals surface area contributed by atoms with E-state index in [9.17, 15) is 8.42 Å². The smallest absolute Gasteiger partial charge is 0.244 e. The molecule has 1 atom stereocenters. The second-order valence-corrected chi connectivity index (χ2v) is 5.33. The summed E-state index contributed by atoms with van der Waals surface area (Å²) in [7, 11) is -3.28. The molecular formula is C9H12N2O2S. The zero-order valence-corrected chi connectivity index (χ0v) is 8.74. The van der Waals surface area contributed by atoms with Crippen LogP contribution in [0.4, 0.5) is 0 Å². The zero-order valence-electron chi connectivity index (χ0n) is 7.92. The summed E-state index contributed by atoms with van der Waals surface area (Å²) in [6.07, 6.45) is 3.90. The topological polar surface area (TPSA) is 50.3 Å². The number of nitrogens with zero attached hydrogens (tertiary/aromatic N) is 2. The van der Waals surface area contributed by atoms with Crippen molar-refractivity contribution < 1.29 is 8.42 Å². The minimum Gasteiger partial charge on any atom is -0.263 e. The number of sulfonamides is 1. The highest BCUT2D eigenvalue weighted by molar-refractivity contribution is 7.89. The van der Waals surface area contributed by atoms with Gasteiger partial charge in [-0.15, -0.1) is 0 Å². The van der Waals surface area contributed by atoms with Gasteiger partial charge < -0.3 is 0 Å². The van der Waals surface area contributed by atoms with Gasteiger partial charge in [-0.05, 0) is 25.5 Å². The standard InChI is InChI=1S/C9H12N2O2S/c1-8-4-6-11(8)14(12,13)9-3-2-5-10-7-9/h2-3,5,7-8H,4,6H2,1H3/t8-/m0/s1. The SMILES string of the molecule is C[C@H]1CCN1S(=O)(=O)c1cccnc1. The molecule has 0 bridgehead atoms. The van der Waals surface area contributed by atoms with E-state index in [1.54, 1.807) is 18.3 Å². The normalized spacial score (nSPS) is 23.1. The molecule has 0 aliphatic carbocycles. The van der Waals surface area contributed by atoms with E-state index in [4.69, 9.17) is 0 Å². The second-order valence-electron chi connectivity index (χ2n) is 3.44. The lowest BCUT2D eigenvalue weighted by molar-refractivity contribution is 0.217. The fourth-order valence-corrected chi connectivity index (χ4v) is 3.13. The Kier molecular flexibility index (Phi) is 2.28. The maximum Gasteiger partial charge on any atom is 0.244 e. The quantitative estimate of drug-likeness (QED) is 0.730. The molecule has 1 saturated heterocycles. The van der Waals surface area contributed by atoms with Gasteiger partial charge in [0, 0.05) is 25.0 Å². The van der Waals surface area contributed by atoms with Crippen LogP contribution in [-0.4, -0.2) is 30.3 Å². The Balaban J connectivity index is 2.34. The van der Waals surface area contributed by atoms with Gasteiger partial charge in [-0.2, -0.15) is 4.31 Å². The van der Waals surface area contributed by atoms with Crippen LogP contribution in [0.5, 0.6) is 0 Å². The Hall–Kier alpha value is -0.940. The minimum atomic E-state index is -3.28. The molecule has 0 saturated carbocycles. The van der Waals surface area contributed by atoms with E-state index in [1.807, 2.05) is 6.92 Å². The predicted octanol–water partition coefficient (Wildman–Crippen LogP) is 0.865. The second kappa shape index (κ2) is 3.33. The molecule has 14 heavy (non-hydrogen) atoms. The number of hydrogen-bond donors (Lipinski definition) is 0. The first-order chi connectivity index (χ1) is 6.62. The predicted molar refractivity (Wildman–Crippen MR) is 52.2 cm³/mol. The summed E-state index contributed by atoms with van der Waals surface area (Å²) in [4.78, 5) is 4.09. The van der Waals surface area contributed by atoms with Gasteiger partial charge >= 0.3 is 0 Å². The van der Waals surface area contributed by atoms with Gasteiger partial charge in [0.15, 0.2) is 0 Å². The molecule has 0 aromatic carbocycles. The third-order valence-electron chi connectivity index (χ3n) is 2.50. The van der Waals surface area contributed by atoms with Crippen molar-refractivity contribution in [3.05, 3.63) is 24.5 Å². The van der Waals surface area contributed by atoms with Gasteiger partial charge in [0.2, 0.25) is 10.0 Å². The highest BCUT2D eigenvalue weighted by Crippen LogP contribution is 2.25. The van der Waals surface area contributed by atoms with Crippen molar-refractivity contribution in [3.8, 4) is 0 Å². The van der Waals surface area contributed by atoms with Crippen LogP contribution in [0.2, 0.25) is 0 Å². The van der Waals surface area contributed by atoms with Crippen molar-refractivity contribution in [1.82, 2.24) is 9.29 Å². The summed E-state index contributed by atoms with van der Waals surface area (Å²) in [5, 5.41) is 0. The Morgan fingerprint density at radius 2 is 2.36 bits per heavy atom. The van der Waals surface area contributed by atoms with Crippen LogP contribution in [0.15, 0.2) is 29.4 Å². The molecular weight excluding hydrogens is 200 g/mol.